The second-order valence-electron chi connectivity index (χ2n) is 15.7. The Bertz CT molecular complexity index is 2560. The zero-order valence-corrected chi connectivity index (χ0v) is 38.2. The van der Waals surface area contributed by atoms with Crippen molar-refractivity contribution < 1.29 is 24.5 Å². The molecule has 0 fully saturated rings. The van der Waals surface area contributed by atoms with Gasteiger partial charge in [0.1, 0.15) is 5.58 Å². The van der Waals surface area contributed by atoms with Gasteiger partial charge in [-0.15, -0.1) is 18.2 Å². The number of pyridine rings is 2. The summed E-state index contributed by atoms with van der Waals surface area (Å²) in [5.74, 6) is 7.72. The molecular weight excluding hydrogens is 921 g/mol. The van der Waals surface area contributed by atoms with E-state index in [1.807, 2.05) is 18.3 Å². The van der Waals surface area contributed by atoms with Crippen molar-refractivity contribution in [3.63, 3.8) is 0 Å². The number of fused-ring (bicyclic) bond motifs is 3. The molecular formula is C51H50GeIrN2O-2. The van der Waals surface area contributed by atoms with Crippen LogP contribution in [0.15, 0.2) is 132 Å². The normalized spacial score (nSPS) is 11.4. The molecule has 285 valence electrons. The third-order valence-corrected chi connectivity index (χ3v) is 15.1. The number of aromatic nitrogens is 2. The minimum Gasteiger partial charge on any atom is 0 e. The predicted octanol–water partition coefficient (Wildman–Crippen LogP) is 13.7. The number of aryl methyl sites for hydroxylation is 3. The largest absolute Gasteiger partial charge is 0 e. The van der Waals surface area contributed by atoms with Crippen molar-refractivity contribution in [1.82, 2.24) is 9.97 Å². The van der Waals surface area contributed by atoms with Crippen molar-refractivity contribution in [2.75, 3.05) is 0 Å². The topological polar surface area (TPSA) is 38.9 Å². The van der Waals surface area contributed by atoms with Crippen LogP contribution >= 0.6 is 0 Å². The molecule has 0 bridgehead atoms. The van der Waals surface area contributed by atoms with E-state index in [0.29, 0.717) is 5.92 Å². The van der Waals surface area contributed by atoms with Gasteiger partial charge in [-0.1, -0.05) is 60.7 Å². The Morgan fingerprint density at radius 3 is 2.11 bits per heavy atom. The first-order valence-electron chi connectivity index (χ1n) is 19.5. The van der Waals surface area contributed by atoms with Crippen LogP contribution in [-0.4, -0.2) is 23.2 Å². The zero-order chi connectivity index (χ0) is 38.7. The number of nitrogens with zero attached hydrogens (tertiary/aromatic N) is 2. The van der Waals surface area contributed by atoms with Crippen molar-refractivity contribution in [3.8, 4) is 44.8 Å². The molecule has 0 saturated heterocycles. The molecule has 0 amide bonds. The maximum atomic E-state index is 6.37. The maximum Gasteiger partial charge on any atom is 0 e. The molecule has 1 radical (unpaired) electrons. The summed E-state index contributed by atoms with van der Waals surface area (Å²) in [6.45, 7) is 11.0. The number of benzene rings is 5. The van der Waals surface area contributed by atoms with Gasteiger partial charge in [-0.3, -0.25) is 0 Å². The summed E-state index contributed by atoms with van der Waals surface area (Å²) in [6.07, 6.45) is 6.22. The van der Waals surface area contributed by atoms with E-state index in [9.17, 15) is 0 Å². The fourth-order valence-electron chi connectivity index (χ4n) is 7.59. The number of hydrogen-bond acceptors (Lipinski definition) is 3. The Morgan fingerprint density at radius 2 is 1.43 bits per heavy atom. The molecule has 0 N–H and O–H groups in total. The van der Waals surface area contributed by atoms with Crippen molar-refractivity contribution in [2.45, 2.75) is 70.6 Å². The van der Waals surface area contributed by atoms with Gasteiger partial charge in [0.2, 0.25) is 0 Å². The van der Waals surface area contributed by atoms with Gasteiger partial charge in [0, 0.05) is 31.7 Å². The van der Waals surface area contributed by atoms with Gasteiger partial charge >= 0.3 is 142 Å². The van der Waals surface area contributed by atoms with Crippen LogP contribution < -0.4 is 4.40 Å². The van der Waals surface area contributed by atoms with Crippen molar-refractivity contribution in [2.24, 2.45) is 0 Å². The standard InChI is InChI=1S/C30H28NO.C21H22GeN.Ir/c1-5-21(6-2)22-15-16-31-27(18-22)25-12-8-11-24-26-17-23(13-14-28(26)32-30(24)25)29-19(3)9-7-10-20(29)4;1-16-10-11-18(14-20(16)17-8-6-5-7-9-17)21-13-12-19(15-23-21)22(2,3)4;/h7-11,13-18,21H,5-6H2,1-4H3;5-10,12-15H,1-4H3;/q2*-1;. The minimum atomic E-state index is -1.80. The predicted molar refractivity (Wildman–Crippen MR) is 236 cm³/mol. The Kier molecular flexibility index (Phi) is 13.0. The van der Waals surface area contributed by atoms with Crippen molar-refractivity contribution in [3.05, 3.63) is 162 Å². The molecule has 8 rings (SSSR count). The van der Waals surface area contributed by atoms with Crippen LogP contribution in [0.1, 0.15) is 54.9 Å². The first-order chi connectivity index (χ1) is 26.5. The maximum absolute atomic E-state index is 6.37. The fraction of sp³-hybridized carbons (Fsp3) is 0.216. The van der Waals surface area contributed by atoms with Gasteiger partial charge in [-0.25, -0.2) is 0 Å². The van der Waals surface area contributed by atoms with Gasteiger partial charge in [0.05, 0.1) is 5.58 Å². The van der Waals surface area contributed by atoms with E-state index in [2.05, 4.69) is 178 Å². The molecule has 3 nitrogen and oxygen atoms in total. The molecule has 0 spiro atoms. The summed E-state index contributed by atoms with van der Waals surface area (Å²) in [7, 11) is 0. The van der Waals surface area contributed by atoms with E-state index in [0.717, 1.165) is 57.3 Å². The van der Waals surface area contributed by atoms with Gasteiger partial charge in [-0.2, -0.15) is 0 Å². The average molecular weight is 972 g/mol. The van der Waals surface area contributed by atoms with Crippen molar-refractivity contribution in [1.29, 1.82) is 0 Å². The van der Waals surface area contributed by atoms with Crippen LogP contribution in [0, 0.1) is 32.9 Å². The zero-order valence-electron chi connectivity index (χ0n) is 33.8. The van der Waals surface area contributed by atoms with Crippen LogP contribution in [0.4, 0.5) is 0 Å². The van der Waals surface area contributed by atoms with Crippen LogP contribution in [0.25, 0.3) is 66.7 Å². The summed E-state index contributed by atoms with van der Waals surface area (Å²) >= 11 is -1.80. The summed E-state index contributed by atoms with van der Waals surface area (Å²) < 4.78 is 7.81. The second-order valence-corrected chi connectivity index (χ2v) is 26.3. The average Bonchev–Trinajstić information content (AvgIpc) is 3.57. The third kappa shape index (κ3) is 8.69. The SMILES string of the molecule is CCC(CC)c1ccnc(-c2[c-]ccc3c2oc2ccc(-c4c(C)cccc4C)cc23)c1.Cc1c[c-]c(-c2cc[c]([Ge]([CH3])([CH3])[CH3])cn2)cc1-c1ccccc1.[Ir]. The molecule has 56 heavy (non-hydrogen) atoms. The molecule has 5 aromatic carbocycles. The molecule has 0 aliphatic carbocycles. The second kappa shape index (κ2) is 17.7. The monoisotopic (exact) mass is 973 g/mol. The molecule has 0 aliphatic heterocycles. The van der Waals surface area contributed by atoms with E-state index in [1.54, 1.807) is 0 Å². The van der Waals surface area contributed by atoms with Gasteiger partial charge in [0.15, 0.2) is 0 Å². The quantitative estimate of drug-likeness (QED) is 0.112. The third-order valence-electron chi connectivity index (χ3n) is 10.8. The van der Waals surface area contributed by atoms with Gasteiger partial charge < -0.3 is 9.40 Å². The van der Waals surface area contributed by atoms with E-state index < -0.39 is 13.3 Å². The molecule has 3 heterocycles. The summed E-state index contributed by atoms with van der Waals surface area (Å²) in [5, 5.41) is 2.24. The molecule has 5 heteroatoms. The molecule has 8 aromatic rings. The van der Waals surface area contributed by atoms with Gasteiger partial charge in [-0.05, 0) is 78.8 Å². The van der Waals surface area contributed by atoms with E-state index >= 15 is 0 Å². The molecule has 3 aromatic heterocycles. The summed E-state index contributed by atoms with van der Waals surface area (Å²) in [4.78, 5) is 9.37. The summed E-state index contributed by atoms with van der Waals surface area (Å²) in [6, 6.07) is 47.3. The van der Waals surface area contributed by atoms with E-state index in [-0.39, 0.29) is 20.1 Å². The van der Waals surface area contributed by atoms with E-state index in [1.165, 1.54) is 48.9 Å². The Hall–Kier alpha value is -4.61. The minimum absolute atomic E-state index is 0. The Labute approximate surface area is 349 Å². The molecule has 0 atom stereocenters. The Morgan fingerprint density at radius 1 is 0.679 bits per heavy atom. The first-order valence-corrected chi connectivity index (χ1v) is 26.8. The van der Waals surface area contributed by atoms with Crippen LogP contribution in [0.3, 0.4) is 0 Å². The van der Waals surface area contributed by atoms with Gasteiger partial charge in [0.25, 0.3) is 0 Å². The van der Waals surface area contributed by atoms with E-state index in [4.69, 9.17) is 9.40 Å². The number of rotatable bonds is 8. The molecule has 0 saturated carbocycles. The van der Waals surface area contributed by atoms with Crippen LogP contribution in [0.5, 0.6) is 0 Å². The summed E-state index contributed by atoms with van der Waals surface area (Å²) in [5.41, 5.74) is 15.8. The number of furan rings is 1. The number of hydrogen-bond donors (Lipinski definition) is 0. The van der Waals surface area contributed by atoms with Crippen LogP contribution in [0.2, 0.25) is 17.3 Å². The fourth-order valence-corrected chi connectivity index (χ4v) is 9.76. The molecule has 0 aliphatic rings. The van der Waals surface area contributed by atoms with Crippen LogP contribution in [-0.2, 0) is 20.1 Å². The Balaban J connectivity index is 0.000000197. The van der Waals surface area contributed by atoms with Crippen molar-refractivity contribution >= 4 is 39.6 Å². The first kappa shape index (κ1) is 41.0. The molecule has 0 unspecified atom stereocenters. The smallest absolute Gasteiger partial charge is 0 e.